The summed E-state index contributed by atoms with van der Waals surface area (Å²) in [7, 11) is 1.81. The molecule has 2 heterocycles. The standard InChI is InChI=1S/C10H13ClN4O/c1-14-5-2-6-15(7-8(14)16)10-9(11)12-3-4-13-10/h3-4H,2,5-7H2,1H3. The van der Waals surface area contributed by atoms with E-state index in [1.165, 1.54) is 6.20 Å². The molecule has 1 fully saturated rings. The first-order valence-electron chi connectivity index (χ1n) is 5.14. The molecule has 5 nitrogen and oxygen atoms in total. The van der Waals surface area contributed by atoms with Crippen molar-refractivity contribution in [3.8, 4) is 0 Å². The van der Waals surface area contributed by atoms with Crippen LogP contribution in [0.4, 0.5) is 5.82 Å². The van der Waals surface area contributed by atoms with Crippen LogP contribution in [0.1, 0.15) is 6.42 Å². The Labute approximate surface area is 99.0 Å². The highest BCUT2D eigenvalue weighted by Gasteiger charge is 2.21. The number of anilines is 1. The predicted molar refractivity (Wildman–Crippen MR) is 61.5 cm³/mol. The number of amides is 1. The van der Waals surface area contributed by atoms with Gasteiger partial charge in [-0.25, -0.2) is 9.97 Å². The molecule has 0 N–H and O–H groups in total. The van der Waals surface area contributed by atoms with Crippen molar-refractivity contribution in [2.75, 3.05) is 31.6 Å². The van der Waals surface area contributed by atoms with Crippen LogP contribution in [0.15, 0.2) is 12.4 Å². The summed E-state index contributed by atoms with van der Waals surface area (Å²) in [6.45, 7) is 1.86. The number of halogens is 1. The van der Waals surface area contributed by atoms with Crippen molar-refractivity contribution < 1.29 is 4.79 Å². The van der Waals surface area contributed by atoms with Crippen LogP contribution >= 0.6 is 11.6 Å². The van der Waals surface area contributed by atoms with Gasteiger partial charge in [0.2, 0.25) is 5.91 Å². The van der Waals surface area contributed by atoms with Gasteiger partial charge in [-0.05, 0) is 6.42 Å². The lowest BCUT2D eigenvalue weighted by Gasteiger charge is -2.20. The fraction of sp³-hybridized carbons (Fsp3) is 0.500. The summed E-state index contributed by atoms with van der Waals surface area (Å²) in [5.74, 6) is 0.673. The number of hydrogen-bond acceptors (Lipinski definition) is 4. The number of nitrogens with zero attached hydrogens (tertiary/aromatic N) is 4. The van der Waals surface area contributed by atoms with Gasteiger partial charge < -0.3 is 9.80 Å². The van der Waals surface area contributed by atoms with Gasteiger partial charge in [0.15, 0.2) is 11.0 Å². The smallest absolute Gasteiger partial charge is 0.241 e. The lowest BCUT2D eigenvalue weighted by molar-refractivity contribution is -0.127. The maximum Gasteiger partial charge on any atom is 0.241 e. The molecule has 86 valence electrons. The first-order valence-corrected chi connectivity index (χ1v) is 5.51. The van der Waals surface area contributed by atoms with Gasteiger partial charge in [-0.1, -0.05) is 11.6 Å². The third kappa shape index (κ3) is 2.24. The van der Waals surface area contributed by atoms with Crippen molar-refractivity contribution in [2.45, 2.75) is 6.42 Å². The second-order valence-corrected chi connectivity index (χ2v) is 4.12. The molecule has 6 heteroatoms. The summed E-state index contributed by atoms with van der Waals surface area (Å²) >= 11 is 5.95. The Hall–Kier alpha value is -1.36. The van der Waals surface area contributed by atoms with Gasteiger partial charge in [0.05, 0.1) is 6.54 Å². The van der Waals surface area contributed by atoms with Crippen LogP contribution < -0.4 is 4.90 Å². The largest absolute Gasteiger partial charge is 0.345 e. The summed E-state index contributed by atoms with van der Waals surface area (Å²) in [6, 6.07) is 0. The minimum absolute atomic E-state index is 0.0826. The summed E-state index contributed by atoms with van der Waals surface area (Å²) in [5, 5.41) is 0.347. The summed E-state index contributed by atoms with van der Waals surface area (Å²) in [5.41, 5.74) is 0. The van der Waals surface area contributed by atoms with Crippen LogP contribution in [0.2, 0.25) is 5.15 Å². The molecular formula is C10H13ClN4O. The first kappa shape index (κ1) is 11.1. The number of carbonyl (C=O) groups is 1. The number of likely N-dealkylation sites (N-methyl/N-ethyl adjacent to an activating group) is 1. The highest BCUT2D eigenvalue weighted by molar-refractivity contribution is 6.31. The second-order valence-electron chi connectivity index (χ2n) is 3.76. The zero-order valence-electron chi connectivity index (χ0n) is 9.06. The maximum atomic E-state index is 11.7. The molecule has 0 aliphatic carbocycles. The van der Waals surface area contributed by atoms with Crippen LogP contribution in [0.3, 0.4) is 0 Å². The van der Waals surface area contributed by atoms with Gasteiger partial charge in [0.1, 0.15) is 0 Å². The second kappa shape index (κ2) is 4.65. The van der Waals surface area contributed by atoms with Gasteiger partial charge in [-0.2, -0.15) is 0 Å². The van der Waals surface area contributed by atoms with Crippen LogP contribution in [0.5, 0.6) is 0 Å². The Morgan fingerprint density at radius 3 is 2.81 bits per heavy atom. The summed E-state index contributed by atoms with van der Waals surface area (Å²) in [4.78, 5) is 23.4. The van der Waals surface area contributed by atoms with Gasteiger partial charge in [-0.15, -0.1) is 0 Å². The van der Waals surface area contributed by atoms with Gasteiger partial charge >= 0.3 is 0 Å². The van der Waals surface area contributed by atoms with E-state index in [1.807, 2.05) is 11.9 Å². The van der Waals surface area contributed by atoms with E-state index >= 15 is 0 Å². The van der Waals surface area contributed by atoms with E-state index in [1.54, 1.807) is 11.1 Å². The van der Waals surface area contributed by atoms with Gasteiger partial charge in [0, 0.05) is 32.5 Å². The zero-order chi connectivity index (χ0) is 11.5. The summed E-state index contributed by atoms with van der Waals surface area (Å²) < 4.78 is 0. The van der Waals surface area contributed by atoms with Gasteiger partial charge in [-0.3, -0.25) is 4.79 Å². The lowest BCUT2D eigenvalue weighted by atomic mass is 10.4. The van der Waals surface area contributed by atoms with Crippen molar-refractivity contribution in [1.29, 1.82) is 0 Å². The van der Waals surface area contributed by atoms with Crippen LogP contribution in [0.25, 0.3) is 0 Å². The number of rotatable bonds is 1. The number of hydrogen-bond donors (Lipinski definition) is 0. The molecule has 1 aliphatic heterocycles. The molecule has 0 aromatic carbocycles. The Morgan fingerprint density at radius 1 is 1.31 bits per heavy atom. The molecule has 16 heavy (non-hydrogen) atoms. The molecule has 1 saturated heterocycles. The first-order chi connectivity index (χ1) is 7.68. The van der Waals surface area contributed by atoms with Crippen LogP contribution in [-0.2, 0) is 4.79 Å². The zero-order valence-corrected chi connectivity index (χ0v) is 9.81. The molecule has 0 saturated carbocycles. The lowest BCUT2D eigenvalue weighted by Crippen LogP contribution is -2.34. The fourth-order valence-electron chi connectivity index (χ4n) is 1.69. The van der Waals surface area contributed by atoms with Crippen molar-refractivity contribution in [1.82, 2.24) is 14.9 Å². The molecule has 0 spiro atoms. The number of aromatic nitrogens is 2. The Kier molecular flexibility index (Phi) is 3.24. The van der Waals surface area contributed by atoms with E-state index in [-0.39, 0.29) is 5.91 Å². The quantitative estimate of drug-likeness (QED) is 0.729. The Morgan fingerprint density at radius 2 is 2.06 bits per heavy atom. The maximum absolute atomic E-state index is 11.7. The third-order valence-electron chi connectivity index (χ3n) is 2.61. The molecule has 1 aromatic heterocycles. The van der Waals surface area contributed by atoms with Crippen LogP contribution in [-0.4, -0.2) is 47.5 Å². The average molecular weight is 241 g/mol. The molecule has 1 aromatic rings. The van der Waals surface area contributed by atoms with Crippen molar-refractivity contribution in [2.24, 2.45) is 0 Å². The molecule has 0 radical (unpaired) electrons. The third-order valence-corrected chi connectivity index (χ3v) is 2.88. The minimum Gasteiger partial charge on any atom is -0.345 e. The molecule has 0 atom stereocenters. The summed E-state index contributed by atoms with van der Waals surface area (Å²) in [6.07, 6.45) is 4.03. The predicted octanol–water partition coefficient (Wildman–Crippen LogP) is 0.798. The highest BCUT2D eigenvalue weighted by atomic mass is 35.5. The molecule has 1 aliphatic rings. The monoisotopic (exact) mass is 240 g/mol. The van der Waals surface area contributed by atoms with E-state index in [0.717, 1.165) is 19.5 Å². The van der Waals surface area contributed by atoms with Crippen molar-refractivity contribution in [3.63, 3.8) is 0 Å². The molecule has 1 amide bonds. The average Bonchev–Trinajstić information content (AvgIpc) is 2.43. The molecule has 0 unspecified atom stereocenters. The van der Waals surface area contributed by atoms with E-state index in [4.69, 9.17) is 11.6 Å². The highest BCUT2D eigenvalue weighted by Crippen LogP contribution is 2.21. The number of carbonyl (C=O) groups excluding carboxylic acids is 1. The Bertz CT molecular complexity index is 398. The molecular weight excluding hydrogens is 228 g/mol. The normalized spacial score (nSPS) is 17.5. The van der Waals surface area contributed by atoms with Crippen LogP contribution in [0, 0.1) is 0 Å². The van der Waals surface area contributed by atoms with E-state index in [2.05, 4.69) is 9.97 Å². The molecule has 2 rings (SSSR count). The SMILES string of the molecule is CN1CCCN(c2nccnc2Cl)CC1=O. The topological polar surface area (TPSA) is 49.3 Å². The van der Waals surface area contributed by atoms with Crippen molar-refractivity contribution in [3.05, 3.63) is 17.5 Å². The van der Waals surface area contributed by atoms with E-state index < -0.39 is 0 Å². The van der Waals surface area contributed by atoms with Crippen molar-refractivity contribution >= 4 is 23.3 Å². The van der Waals surface area contributed by atoms with E-state index in [0.29, 0.717) is 17.5 Å². The van der Waals surface area contributed by atoms with E-state index in [9.17, 15) is 4.79 Å². The molecule has 0 bridgehead atoms. The Balaban J connectivity index is 2.21. The minimum atomic E-state index is 0.0826. The fourth-order valence-corrected chi connectivity index (χ4v) is 1.92. The van der Waals surface area contributed by atoms with Gasteiger partial charge in [0.25, 0.3) is 0 Å².